The number of hydrogen-bond donors (Lipinski definition) is 8. The Morgan fingerprint density at radius 2 is 0.769 bits per heavy atom. The highest BCUT2D eigenvalue weighted by Gasteiger charge is 2.44. The molecule has 0 aromatic carbocycles. The van der Waals surface area contributed by atoms with Crippen LogP contribution in [0.3, 0.4) is 0 Å². The summed E-state index contributed by atoms with van der Waals surface area (Å²) in [6.07, 6.45) is 58.4. The number of rotatable bonds is 59. The maximum atomic E-state index is 13.2. The average Bonchev–Trinajstić information content (AvgIpc) is 3.46. The molecule has 0 aliphatic carbocycles. The van der Waals surface area contributed by atoms with Gasteiger partial charge in [0.2, 0.25) is 5.91 Å². The van der Waals surface area contributed by atoms with Gasteiger partial charge in [0.25, 0.3) is 0 Å². The summed E-state index contributed by atoms with van der Waals surface area (Å²) >= 11 is 0. The summed E-state index contributed by atoms with van der Waals surface area (Å²) in [5.41, 5.74) is 0. The summed E-state index contributed by atoms with van der Waals surface area (Å²) in [5.74, 6) is -0.704. The van der Waals surface area contributed by atoms with Crippen LogP contribution in [-0.4, -0.2) is 110 Å². The number of aliphatic hydroxyl groups is 7. The van der Waals surface area contributed by atoms with E-state index < -0.39 is 74.2 Å². The van der Waals surface area contributed by atoms with Gasteiger partial charge in [-0.25, -0.2) is 0 Å². The molecule has 9 atom stereocenters. The molecule has 462 valence electrons. The molecule has 11 nitrogen and oxygen atoms in total. The molecule has 0 bridgehead atoms. The van der Waals surface area contributed by atoms with Crippen LogP contribution in [0.5, 0.6) is 0 Å². The zero-order valence-corrected chi connectivity index (χ0v) is 50.9. The fraction of sp³-hybridized carbons (Fsp3) is 0.925. The number of hydrogen-bond acceptors (Lipinski definition) is 10. The zero-order chi connectivity index (χ0) is 56.8. The third-order valence-electron chi connectivity index (χ3n) is 16.5. The molecule has 8 N–H and O–H groups in total. The predicted octanol–water partition coefficient (Wildman–Crippen LogP) is 15.6. The van der Waals surface area contributed by atoms with Crippen LogP contribution in [0.4, 0.5) is 0 Å². The number of carbonyl (C=O) groups is 1. The summed E-state index contributed by atoms with van der Waals surface area (Å²) < 4.78 is 11.2. The third kappa shape index (κ3) is 43.3. The van der Waals surface area contributed by atoms with E-state index in [1.807, 2.05) is 0 Å². The minimum atomic E-state index is -1.67. The minimum absolute atomic E-state index is 0.249. The van der Waals surface area contributed by atoms with Gasteiger partial charge in [0.15, 0.2) is 6.29 Å². The monoisotopic (exact) mass is 1110 g/mol. The molecule has 1 amide bonds. The van der Waals surface area contributed by atoms with Crippen molar-refractivity contribution in [3.63, 3.8) is 0 Å². The van der Waals surface area contributed by atoms with Crippen LogP contribution in [0.15, 0.2) is 24.3 Å². The van der Waals surface area contributed by atoms with Gasteiger partial charge >= 0.3 is 0 Å². The van der Waals surface area contributed by atoms with Crippen LogP contribution in [0, 0.1) is 0 Å². The molecule has 11 heteroatoms. The van der Waals surface area contributed by atoms with Gasteiger partial charge in [-0.05, 0) is 51.4 Å². The van der Waals surface area contributed by atoms with Crippen LogP contribution in [0.2, 0.25) is 0 Å². The van der Waals surface area contributed by atoms with E-state index in [0.29, 0.717) is 19.3 Å². The van der Waals surface area contributed by atoms with E-state index >= 15 is 0 Å². The van der Waals surface area contributed by atoms with E-state index in [1.165, 1.54) is 244 Å². The van der Waals surface area contributed by atoms with Crippen LogP contribution in [0.25, 0.3) is 0 Å². The van der Waals surface area contributed by atoms with Crippen molar-refractivity contribution in [3.05, 3.63) is 24.3 Å². The molecule has 0 aromatic heterocycles. The highest BCUT2D eigenvalue weighted by atomic mass is 16.7. The lowest BCUT2D eigenvalue weighted by Gasteiger charge is -2.40. The van der Waals surface area contributed by atoms with Crippen molar-refractivity contribution >= 4 is 5.91 Å². The second-order valence-corrected chi connectivity index (χ2v) is 23.9. The average molecular weight is 1110 g/mol. The normalized spacial score (nSPS) is 19.5. The minimum Gasteiger partial charge on any atom is -0.394 e. The van der Waals surface area contributed by atoms with Gasteiger partial charge in [0.1, 0.15) is 36.6 Å². The molecule has 1 fully saturated rings. The molecule has 9 unspecified atom stereocenters. The molecule has 1 heterocycles. The predicted molar refractivity (Wildman–Crippen MR) is 326 cm³/mol. The van der Waals surface area contributed by atoms with Crippen molar-refractivity contribution in [1.82, 2.24) is 5.32 Å². The van der Waals surface area contributed by atoms with Crippen LogP contribution in [0.1, 0.15) is 328 Å². The number of allylic oxidation sites excluding steroid dienone is 4. The molecule has 1 aliphatic rings. The second-order valence-electron chi connectivity index (χ2n) is 23.9. The number of amides is 1. The topological polar surface area (TPSA) is 189 Å². The van der Waals surface area contributed by atoms with Gasteiger partial charge in [-0.2, -0.15) is 0 Å². The van der Waals surface area contributed by atoms with E-state index in [1.54, 1.807) is 0 Å². The van der Waals surface area contributed by atoms with Crippen molar-refractivity contribution < 1.29 is 50.0 Å². The van der Waals surface area contributed by atoms with Crippen LogP contribution < -0.4 is 5.32 Å². The third-order valence-corrected chi connectivity index (χ3v) is 16.5. The standard InChI is InChI=1S/C67H129NO10/c1-3-5-7-9-11-13-15-17-19-21-23-24-25-26-27-28-29-30-31-32-33-34-35-37-39-41-43-45-47-49-51-53-55-60(71)66(76)68-58(57-77-67-65(75)64(74)63(73)61(56-69)78-67)62(72)59(70)54-52-50-48-46-44-42-40-38-36-22-20-18-16-14-12-10-8-6-4-2/h38,40,46,48,58-65,67,69-75H,3-37,39,41-45,47,49-57H2,1-2H3,(H,68,76)/b40-38+,48-46+. The van der Waals surface area contributed by atoms with E-state index in [2.05, 4.69) is 43.5 Å². The lowest BCUT2D eigenvalue weighted by atomic mass is 9.98. The van der Waals surface area contributed by atoms with Gasteiger partial charge in [-0.15, -0.1) is 0 Å². The summed E-state index contributed by atoms with van der Waals surface area (Å²) in [6.45, 7) is 3.48. The number of aliphatic hydroxyl groups excluding tert-OH is 7. The Labute approximate surface area is 480 Å². The maximum Gasteiger partial charge on any atom is 0.249 e. The summed E-state index contributed by atoms with van der Waals surface area (Å²) in [7, 11) is 0. The lowest BCUT2D eigenvalue weighted by molar-refractivity contribution is -0.303. The first-order valence-corrected chi connectivity index (χ1v) is 33.7. The highest BCUT2D eigenvalue weighted by molar-refractivity contribution is 5.80. The van der Waals surface area contributed by atoms with E-state index in [9.17, 15) is 40.5 Å². The van der Waals surface area contributed by atoms with Gasteiger partial charge < -0.3 is 50.5 Å². The second kappa shape index (κ2) is 56.1. The van der Waals surface area contributed by atoms with Crippen molar-refractivity contribution in [2.24, 2.45) is 0 Å². The first-order valence-electron chi connectivity index (χ1n) is 33.7. The number of nitrogens with one attached hydrogen (secondary N) is 1. The first-order chi connectivity index (χ1) is 38.2. The van der Waals surface area contributed by atoms with Gasteiger partial charge in [0, 0.05) is 0 Å². The van der Waals surface area contributed by atoms with E-state index in [-0.39, 0.29) is 12.8 Å². The van der Waals surface area contributed by atoms with Crippen molar-refractivity contribution in [1.29, 1.82) is 0 Å². The number of ether oxygens (including phenoxy) is 2. The molecule has 0 radical (unpaired) electrons. The molecule has 0 aromatic rings. The SMILES string of the molecule is CCCCCCCCCCCC/C=C/CC/C=C/CCCC(O)C(O)C(COC1OC(CO)C(O)C(O)C1O)NC(=O)C(O)CCCCCCCCCCCCCCCCCCCCCCCCCCCCCCCCCC. The Bertz CT molecular complexity index is 1320. The first kappa shape index (κ1) is 74.6. The smallest absolute Gasteiger partial charge is 0.249 e. The van der Waals surface area contributed by atoms with E-state index in [0.717, 1.165) is 38.5 Å². The van der Waals surface area contributed by atoms with Crippen molar-refractivity contribution in [2.75, 3.05) is 13.2 Å². The molecule has 1 saturated heterocycles. The molecule has 1 aliphatic heterocycles. The van der Waals surface area contributed by atoms with Gasteiger partial charge in [0.05, 0.1) is 25.4 Å². The molecule has 1 rings (SSSR count). The van der Waals surface area contributed by atoms with Crippen LogP contribution in [-0.2, 0) is 14.3 Å². The number of carbonyl (C=O) groups excluding carboxylic acids is 1. The van der Waals surface area contributed by atoms with Gasteiger partial charge in [-0.1, -0.05) is 301 Å². The maximum absolute atomic E-state index is 13.2. The lowest BCUT2D eigenvalue weighted by Crippen LogP contribution is -2.60. The van der Waals surface area contributed by atoms with E-state index in [4.69, 9.17) is 9.47 Å². The highest BCUT2D eigenvalue weighted by Crippen LogP contribution is 2.24. The molecule has 78 heavy (non-hydrogen) atoms. The Balaban J connectivity index is 2.20. The Kier molecular flexibility index (Phi) is 53.6. The summed E-state index contributed by atoms with van der Waals surface area (Å²) in [5, 5.41) is 76.3. The molecule has 0 saturated carbocycles. The molecular weight excluding hydrogens is 979 g/mol. The Morgan fingerprint density at radius 3 is 1.14 bits per heavy atom. The fourth-order valence-corrected chi connectivity index (χ4v) is 11.1. The van der Waals surface area contributed by atoms with Gasteiger partial charge in [-0.3, -0.25) is 4.79 Å². The summed E-state index contributed by atoms with van der Waals surface area (Å²) in [6, 6.07) is -1.19. The van der Waals surface area contributed by atoms with Crippen molar-refractivity contribution in [2.45, 2.75) is 384 Å². The van der Waals surface area contributed by atoms with Crippen LogP contribution >= 0.6 is 0 Å². The Morgan fingerprint density at radius 1 is 0.436 bits per heavy atom. The van der Waals surface area contributed by atoms with Crippen molar-refractivity contribution in [3.8, 4) is 0 Å². The number of unbranched alkanes of at least 4 members (excludes halogenated alkanes) is 43. The fourth-order valence-electron chi connectivity index (χ4n) is 11.1. The zero-order valence-electron chi connectivity index (χ0n) is 50.9. The summed E-state index contributed by atoms with van der Waals surface area (Å²) in [4.78, 5) is 13.2. The Hall–Kier alpha value is -1.41. The quantitative estimate of drug-likeness (QED) is 0.0215. The largest absolute Gasteiger partial charge is 0.394 e. The molecular formula is C67H129NO10. The molecule has 0 spiro atoms.